The van der Waals surface area contributed by atoms with Crippen LogP contribution in [0, 0.1) is 20.5 Å². The van der Waals surface area contributed by atoms with Crippen LogP contribution >= 0.6 is 23.2 Å². The van der Waals surface area contributed by atoms with Crippen molar-refractivity contribution in [2.45, 2.75) is 27.7 Å². The van der Waals surface area contributed by atoms with Crippen LogP contribution in [0.3, 0.4) is 0 Å². The molecule has 0 fully saturated rings. The molecule has 26 heteroatoms. The summed E-state index contributed by atoms with van der Waals surface area (Å²) in [4.78, 5) is 17.5. The van der Waals surface area contributed by atoms with E-state index in [1.54, 1.807) is 24.8 Å². The van der Waals surface area contributed by atoms with Crippen molar-refractivity contribution in [3.05, 3.63) is 264 Å². The van der Waals surface area contributed by atoms with Gasteiger partial charge in [-0.15, -0.1) is 64.1 Å². The van der Waals surface area contributed by atoms with Crippen LogP contribution in [-0.2, 0) is 34.1 Å². The predicted octanol–water partition coefficient (Wildman–Crippen LogP) is 3.11. The van der Waals surface area contributed by atoms with Crippen molar-refractivity contribution in [2.75, 3.05) is 5.34 Å². The van der Waals surface area contributed by atoms with Crippen molar-refractivity contribution in [1.82, 2.24) is 19.9 Å². The average Bonchev–Trinajstić information content (AvgIpc) is 3.54. The van der Waals surface area contributed by atoms with Crippen molar-refractivity contribution >= 4 is 68.9 Å². The van der Waals surface area contributed by atoms with Crippen molar-refractivity contribution in [1.29, 1.82) is 0 Å². The molecule has 83 heavy (non-hydrogen) atoms. The Hall–Kier alpha value is -7.28. The maximum absolute atomic E-state index is 8.49. The third kappa shape index (κ3) is 29.0. The van der Waals surface area contributed by atoms with E-state index in [0.717, 1.165) is 45.0 Å². The molecule has 0 amide bonds. The first-order valence-electron chi connectivity index (χ1n) is 23.6. The number of halogens is 4. The second-order valence-electron chi connectivity index (χ2n) is 15.7. The second-order valence-corrected chi connectivity index (χ2v) is 18.0. The minimum absolute atomic E-state index is 0. The number of hydrogen-bond donors (Lipinski definition) is 0. The summed E-state index contributed by atoms with van der Waals surface area (Å²) in [6, 6.07) is 62.3. The van der Waals surface area contributed by atoms with Gasteiger partial charge >= 0.3 is 34.1 Å². The van der Waals surface area contributed by atoms with E-state index in [9.17, 15) is 0 Å². The Labute approximate surface area is 515 Å². The number of pyridine rings is 4. The largest absolute Gasteiger partial charge is 1.00 e. The van der Waals surface area contributed by atoms with E-state index >= 15 is 0 Å². The number of alkyl halides is 2. The molecule has 0 saturated carbocycles. The number of benzene rings is 4. The molecule has 4 aromatic carbocycles. The first-order valence-corrected chi connectivity index (χ1v) is 27.1. The fraction of sp³-hybridized carbons (Fsp3) is 0.0877. The summed E-state index contributed by atoms with van der Waals surface area (Å²) in [6.07, 6.45) is 6.95. The van der Waals surface area contributed by atoms with Crippen LogP contribution in [0.15, 0.2) is 260 Å². The summed E-state index contributed by atoms with van der Waals surface area (Å²) < 4.78 is 67.9. The van der Waals surface area contributed by atoms with E-state index < -0.39 is 20.5 Å². The monoisotopic (exact) mass is 1300 g/mol. The van der Waals surface area contributed by atoms with Gasteiger partial charge in [0.2, 0.25) is 0 Å². The van der Waals surface area contributed by atoms with E-state index in [0.29, 0.717) is 45.7 Å². The third-order valence-electron chi connectivity index (χ3n) is 9.98. The van der Waals surface area contributed by atoms with Crippen LogP contribution in [0.2, 0.25) is 0 Å². The quantitative estimate of drug-likeness (QED) is 0.0656. The molecular weight excluding hydrogens is 1250 g/mol. The van der Waals surface area contributed by atoms with Gasteiger partial charge in [0, 0.05) is 47.0 Å². The molecule has 0 atom stereocenters. The van der Waals surface area contributed by atoms with E-state index in [4.69, 9.17) is 60.5 Å². The molecule has 0 aliphatic heterocycles. The Morgan fingerprint density at radius 3 is 0.602 bits per heavy atom. The van der Waals surface area contributed by atoms with Crippen LogP contribution in [0.5, 0.6) is 0 Å². The molecule has 0 aliphatic carbocycles. The normalized spacial score (nSPS) is 12.4. The minimum Gasteiger partial charge on any atom is -0.255 e. The molecular formula is C57H50Cl4Cu2N12O8. The zero-order valence-electron chi connectivity index (χ0n) is 44.2. The van der Waals surface area contributed by atoms with Crippen LogP contribution in [0.4, 0.5) is 0 Å². The van der Waals surface area contributed by atoms with Crippen LogP contribution < -0.4 is 37.3 Å². The third-order valence-corrected chi connectivity index (χ3v) is 9.98. The summed E-state index contributed by atoms with van der Waals surface area (Å²) in [5.74, 6) is 0. The molecule has 0 N–H and O–H groups in total. The van der Waals surface area contributed by atoms with Gasteiger partial charge in [0.15, 0.2) is 0 Å². The molecule has 0 unspecified atom stereocenters. The zero-order chi connectivity index (χ0) is 58.9. The molecule has 436 valence electrons. The summed E-state index contributed by atoms with van der Waals surface area (Å²) in [7, 11) is -9.89. The maximum Gasteiger partial charge on any atom is 1.00 e. The Balaban J connectivity index is 0.000000459. The molecule has 8 rings (SSSR count). The topological polar surface area (TPSA) is 335 Å². The molecule has 4 heterocycles. The molecule has 0 bridgehead atoms. The number of rotatable bonds is 14. The van der Waals surface area contributed by atoms with E-state index in [1.165, 1.54) is 0 Å². The number of nitrogens with zero attached hydrogens (tertiary/aromatic N) is 12. The first kappa shape index (κ1) is 71.8. The van der Waals surface area contributed by atoms with Crippen LogP contribution in [0.25, 0.3) is 0 Å². The Morgan fingerprint density at radius 1 is 0.301 bits per heavy atom. The van der Waals surface area contributed by atoms with Gasteiger partial charge in [0.1, 0.15) is 22.8 Å². The van der Waals surface area contributed by atoms with Gasteiger partial charge in [0.25, 0.3) is 0 Å². The van der Waals surface area contributed by atoms with E-state index in [1.807, 2.05) is 222 Å². The summed E-state index contributed by atoms with van der Waals surface area (Å²) in [6.45, 7) is 7.54. The van der Waals surface area contributed by atoms with Crippen LogP contribution in [0.1, 0.15) is 72.7 Å². The zero-order valence-corrected chi connectivity index (χ0v) is 49.1. The van der Waals surface area contributed by atoms with Crippen molar-refractivity contribution < 1.29 is 91.9 Å². The molecule has 4 aromatic heterocycles. The number of aromatic nitrogens is 4. The smallest absolute Gasteiger partial charge is 0.255 e. The van der Waals surface area contributed by atoms with E-state index in [-0.39, 0.29) is 39.5 Å². The molecule has 0 radical (unpaired) electrons. The van der Waals surface area contributed by atoms with Crippen molar-refractivity contribution in [2.24, 2.45) is 40.8 Å². The van der Waals surface area contributed by atoms with E-state index in [2.05, 4.69) is 60.7 Å². The van der Waals surface area contributed by atoms with Gasteiger partial charge in [-0.25, -0.2) is 37.3 Å². The molecule has 0 spiro atoms. The van der Waals surface area contributed by atoms with Crippen LogP contribution in [-0.4, -0.2) is 71.0 Å². The number of hydrogen-bond acceptors (Lipinski definition) is 20. The summed E-state index contributed by atoms with van der Waals surface area (Å²) >= 11 is 9.53. The van der Waals surface area contributed by atoms with Gasteiger partial charge in [-0.05, 0) is 76.2 Å². The minimum atomic E-state index is -4.94. The van der Waals surface area contributed by atoms with Gasteiger partial charge in [-0.2, -0.15) is 20.4 Å². The van der Waals surface area contributed by atoms with Crippen molar-refractivity contribution in [3.63, 3.8) is 0 Å². The second kappa shape index (κ2) is 39.2. The molecule has 8 aromatic rings. The van der Waals surface area contributed by atoms with Gasteiger partial charge in [-0.1, -0.05) is 146 Å². The maximum atomic E-state index is 8.49. The molecule has 20 nitrogen and oxygen atoms in total. The fourth-order valence-corrected chi connectivity index (χ4v) is 6.36. The van der Waals surface area contributed by atoms with Gasteiger partial charge in [0.05, 0.1) is 51.0 Å². The Bertz CT molecular complexity index is 2920. The standard InChI is InChI=1S/2C28H24N6.CH2Cl2.2ClHO4.2Cu/c2*1-21(25-17-9-11-19-29-25)31-33-27(23-13-5-3-6-14-23)28(24-15-7-4-8-16-24)34-32-22(2)26-18-10-12-20-30-26;2-1-3;2*2-1(3,4)5;;/h2*3-20H,1-2H3;1H2;2*(H,2,3,4,5);;/q;;;;;2*+1/p-2/b2*31-21+,32-22+,33-27-,34-28-;;;;;. The Morgan fingerprint density at radius 2 is 0.458 bits per heavy atom. The Kier molecular flexibility index (Phi) is 34.0. The average molecular weight is 1300 g/mol. The molecule has 0 saturated heterocycles. The predicted molar refractivity (Wildman–Crippen MR) is 294 cm³/mol. The molecule has 0 aliphatic rings. The first-order chi connectivity index (χ1) is 38.9. The van der Waals surface area contributed by atoms with Gasteiger partial charge in [-0.3, -0.25) is 19.9 Å². The fourth-order valence-electron chi connectivity index (χ4n) is 6.36. The summed E-state index contributed by atoms with van der Waals surface area (Å²) in [5, 5.41) is 36.8. The SMILES string of the molecule is C\C(=N/N=C(\C(=N/N=C(\C)c1ccccn1)c1ccccc1)c1ccccc1)c1ccccn1.C\C(=N/N=C(\C(=N/N=C(\C)c1ccccn1)c1ccccc1)c1ccccc1)c1ccccn1.ClCCl.[Cu+].[Cu+].[O-][Cl+3]([O-])([O-])[O-].[O-][Cl+3]([O-])([O-])[O-]. The summed E-state index contributed by atoms with van der Waals surface area (Å²) in [5.41, 5.74) is 11.8. The van der Waals surface area contributed by atoms with Crippen molar-refractivity contribution in [3.8, 4) is 0 Å². The van der Waals surface area contributed by atoms with Gasteiger partial charge < -0.3 is 0 Å².